The van der Waals surface area contributed by atoms with Gasteiger partial charge in [0.05, 0.1) is 11.3 Å². The standard InChI is InChI=1S/C8H9FN2O3S/c1-4-2-6(15(12,13)14)8(11)5(3-10)7(4)9/h2-3,10H,11H2,1H3,(H,12,13,14). The number of benzene rings is 1. The van der Waals surface area contributed by atoms with Gasteiger partial charge in [-0.2, -0.15) is 8.42 Å². The minimum absolute atomic E-state index is 0.00433. The van der Waals surface area contributed by atoms with Crippen LogP contribution in [0.3, 0.4) is 0 Å². The van der Waals surface area contributed by atoms with Gasteiger partial charge in [-0.25, -0.2) is 4.39 Å². The number of hydrogen-bond acceptors (Lipinski definition) is 4. The van der Waals surface area contributed by atoms with E-state index in [0.29, 0.717) is 6.21 Å². The molecule has 0 saturated heterocycles. The smallest absolute Gasteiger partial charge is 0.296 e. The number of nitrogen functional groups attached to an aromatic ring is 1. The zero-order valence-corrected chi connectivity index (χ0v) is 8.60. The molecule has 0 fully saturated rings. The molecule has 1 aromatic carbocycles. The van der Waals surface area contributed by atoms with E-state index < -0.39 is 26.5 Å². The SMILES string of the molecule is Cc1cc(S(=O)(=O)O)c(N)c(C=N)c1F. The maximum Gasteiger partial charge on any atom is 0.296 e. The molecule has 1 rings (SSSR count). The van der Waals surface area contributed by atoms with Gasteiger partial charge in [0.2, 0.25) is 0 Å². The van der Waals surface area contributed by atoms with Crippen molar-refractivity contribution in [1.29, 1.82) is 5.41 Å². The molecule has 0 spiro atoms. The van der Waals surface area contributed by atoms with Crippen LogP contribution in [0.1, 0.15) is 11.1 Å². The van der Waals surface area contributed by atoms with E-state index in [-0.39, 0.29) is 11.1 Å². The zero-order chi connectivity index (χ0) is 11.8. The van der Waals surface area contributed by atoms with Gasteiger partial charge in [-0.15, -0.1) is 0 Å². The molecule has 0 aliphatic rings. The van der Waals surface area contributed by atoms with Gasteiger partial charge in [-0.05, 0) is 18.6 Å². The molecule has 0 aliphatic heterocycles. The maximum atomic E-state index is 13.3. The molecular weight excluding hydrogens is 223 g/mol. The van der Waals surface area contributed by atoms with Crippen molar-refractivity contribution in [2.75, 3.05) is 5.73 Å². The second-order valence-corrected chi connectivity index (χ2v) is 4.34. The summed E-state index contributed by atoms with van der Waals surface area (Å²) < 4.78 is 43.8. The Morgan fingerprint density at radius 3 is 2.53 bits per heavy atom. The topological polar surface area (TPSA) is 104 Å². The van der Waals surface area contributed by atoms with Gasteiger partial charge in [-0.3, -0.25) is 4.55 Å². The van der Waals surface area contributed by atoms with Crippen LogP contribution < -0.4 is 5.73 Å². The largest absolute Gasteiger partial charge is 0.397 e. The second kappa shape index (κ2) is 3.59. The van der Waals surface area contributed by atoms with Gasteiger partial charge >= 0.3 is 0 Å². The molecule has 0 atom stereocenters. The predicted octanol–water partition coefficient (Wildman–Crippen LogP) is 0.961. The molecule has 1 aromatic rings. The van der Waals surface area contributed by atoms with Crippen molar-refractivity contribution in [3.05, 3.63) is 23.0 Å². The Kier molecular flexibility index (Phi) is 2.78. The Hall–Kier alpha value is -1.47. The van der Waals surface area contributed by atoms with Crippen LogP contribution in [0.25, 0.3) is 0 Å². The maximum absolute atomic E-state index is 13.3. The van der Waals surface area contributed by atoms with Crippen molar-refractivity contribution in [2.45, 2.75) is 11.8 Å². The third-order valence-electron chi connectivity index (χ3n) is 1.91. The zero-order valence-electron chi connectivity index (χ0n) is 7.78. The number of hydrogen-bond donors (Lipinski definition) is 3. The number of halogens is 1. The summed E-state index contributed by atoms with van der Waals surface area (Å²) in [4.78, 5) is -0.583. The van der Waals surface area contributed by atoms with E-state index in [0.717, 1.165) is 6.07 Å². The van der Waals surface area contributed by atoms with Crippen LogP contribution in [0.15, 0.2) is 11.0 Å². The van der Waals surface area contributed by atoms with Gasteiger partial charge < -0.3 is 11.1 Å². The Balaban J connectivity index is 3.73. The number of nitrogens with two attached hydrogens (primary N) is 1. The Morgan fingerprint density at radius 2 is 2.13 bits per heavy atom. The first kappa shape index (κ1) is 11.6. The highest BCUT2D eigenvalue weighted by Gasteiger charge is 2.20. The monoisotopic (exact) mass is 232 g/mol. The number of nitrogens with one attached hydrogen (secondary N) is 1. The van der Waals surface area contributed by atoms with Crippen LogP contribution in [-0.2, 0) is 10.1 Å². The van der Waals surface area contributed by atoms with Crippen LogP contribution in [0.5, 0.6) is 0 Å². The predicted molar refractivity (Wildman–Crippen MR) is 53.2 cm³/mol. The third kappa shape index (κ3) is 1.97. The molecule has 15 heavy (non-hydrogen) atoms. The summed E-state index contributed by atoms with van der Waals surface area (Å²) in [7, 11) is -4.50. The average Bonchev–Trinajstić information content (AvgIpc) is 2.10. The summed E-state index contributed by atoms with van der Waals surface area (Å²) in [5.41, 5.74) is 4.51. The normalized spacial score (nSPS) is 11.4. The van der Waals surface area contributed by atoms with Crippen LogP contribution >= 0.6 is 0 Å². The van der Waals surface area contributed by atoms with Crippen molar-refractivity contribution >= 4 is 22.0 Å². The van der Waals surface area contributed by atoms with Gasteiger partial charge in [0.15, 0.2) is 0 Å². The first-order chi connectivity index (χ1) is 6.79. The van der Waals surface area contributed by atoms with E-state index in [2.05, 4.69) is 0 Å². The van der Waals surface area contributed by atoms with E-state index in [1.807, 2.05) is 0 Å². The average molecular weight is 232 g/mol. The molecule has 4 N–H and O–H groups in total. The van der Waals surface area contributed by atoms with Crippen molar-refractivity contribution in [2.24, 2.45) is 0 Å². The number of aryl methyl sites for hydroxylation is 1. The summed E-state index contributed by atoms with van der Waals surface area (Å²) in [6.45, 7) is 1.32. The summed E-state index contributed by atoms with van der Waals surface area (Å²) in [6.07, 6.45) is 0.604. The van der Waals surface area contributed by atoms with Crippen molar-refractivity contribution in [1.82, 2.24) is 0 Å². The fourth-order valence-electron chi connectivity index (χ4n) is 1.16. The van der Waals surface area contributed by atoms with Gasteiger partial charge in [-0.1, -0.05) is 0 Å². The van der Waals surface area contributed by atoms with Gasteiger partial charge in [0.1, 0.15) is 10.7 Å². The fraction of sp³-hybridized carbons (Fsp3) is 0.125. The van der Waals surface area contributed by atoms with Gasteiger partial charge in [0, 0.05) is 6.21 Å². The summed E-state index contributed by atoms with van der Waals surface area (Å²) in [5, 5.41) is 6.90. The van der Waals surface area contributed by atoms with E-state index in [1.54, 1.807) is 0 Å². The second-order valence-electron chi connectivity index (χ2n) is 2.95. The van der Waals surface area contributed by atoms with E-state index in [1.165, 1.54) is 6.92 Å². The summed E-state index contributed by atoms with van der Waals surface area (Å²) in [6, 6.07) is 0.924. The summed E-state index contributed by atoms with van der Waals surface area (Å²) >= 11 is 0. The fourth-order valence-corrected chi connectivity index (χ4v) is 1.87. The van der Waals surface area contributed by atoms with Crippen LogP contribution in [0.4, 0.5) is 10.1 Å². The van der Waals surface area contributed by atoms with E-state index >= 15 is 0 Å². The quantitative estimate of drug-likeness (QED) is 0.401. The molecule has 7 heteroatoms. The lowest BCUT2D eigenvalue weighted by Gasteiger charge is -2.08. The molecule has 0 radical (unpaired) electrons. The molecule has 0 amide bonds. The van der Waals surface area contributed by atoms with Crippen LogP contribution in [0, 0.1) is 18.2 Å². The molecule has 0 aliphatic carbocycles. The highest BCUT2D eigenvalue weighted by molar-refractivity contribution is 7.86. The Labute approximate surface area is 86.0 Å². The molecule has 0 bridgehead atoms. The van der Waals surface area contributed by atoms with Crippen molar-refractivity contribution in [3.63, 3.8) is 0 Å². The molecule has 0 unspecified atom stereocenters. The van der Waals surface area contributed by atoms with E-state index in [4.69, 9.17) is 15.7 Å². The molecular formula is C8H9FN2O3S. The molecule has 0 heterocycles. The van der Waals surface area contributed by atoms with E-state index in [9.17, 15) is 12.8 Å². The minimum atomic E-state index is -4.50. The number of rotatable bonds is 2. The Bertz CT molecular complexity index is 525. The van der Waals surface area contributed by atoms with Crippen molar-refractivity contribution in [3.8, 4) is 0 Å². The molecule has 0 aromatic heterocycles. The lowest BCUT2D eigenvalue weighted by molar-refractivity contribution is 0.483. The minimum Gasteiger partial charge on any atom is -0.397 e. The van der Waals surface area contributed by atoms with Crippen LogP contribution in [0.2, 0.25) is 0 Å². The lowest BCUT2D eigenvalue weighted by Crippen LogP contribution is -2.09. The molecule has 5 nitrogen and oxygen atoms in total. The number of anilines is 1. The van der Waals surface area contributed by atoms with Gasteiger partial charge in [0.25, 0.3) is 10.1 Å². The third-order valence-corrected chi connectivity index (χ3v) is 2.80. The van der Waals surface area contributed by atoms with Crippen molar-refractivity contribution < 1.29 is 17.4 Å². The highest BCUT2D eigenvalue weighted by atomic mass is 32.2. The molecule has 0 saturated carbocycles. The molecule has 82 valence electrons. The summed E-state index contributed by atoms with van der Waals surface area (Å²) in [5.74, 6) is -0.769. The lowest BCUT2D eigenvalue weighted by atomic mass is 10.1. The highest BCUT2D eigenvalue weighted by Crippen LogP contribution is 2.26. The van der Waals surface area contributed by atoms with Crippen LogP contribution in [-0.4, -0.2) is 19.2 Å². The Morgan fingerprint density at radius 1 is 1.60 bits per heavy atom. The first-order valence-electron chi connectivity index (χ1n) is 3.85. The first-order valence-corrected chi connectivity index (χ1v) is 5.29.